The maximum Gasteiger partial charge on any atom is 0.137 e. The topological polar surface area (TPSA) is 58.9 Å². The Morgan fingerprint density at radius 2 is 1.07 bits per heavy atom. The highest BCUT2D eigenvalue weighted by Gasteiger charge is 2.21. The second kappa shape index (κ2) is 12.5. The molecule has 268 valence electrons. The Balaban J connectivity index is 1.12. The molecular weight excluding hydrogens is 707 g/mol. The number of aromatic nitrogens is 4. The molecule has 0 unspecified atom stereocenters. The molecule has 0 aliphatic rings. The van der Waals surface area contributed by atoms with Gasteiger partial charge < -0.3 is 4.57 Å². The maximum atomic E-state index is 9.85. The molecule has 5 nitrogen and oxygen atoms in total. The molecule has 0 atom stereocenters. The molecule has 0 saturated carbocycles. The molecule has 4 aromatic heterocycles. The Morgan fingerprint density at radius 3 is 1.76 bits per heavy atom. The quantitative estimate of drug-likeness (QED) is 0.169. The first-order valence-corrected chi connectivity index (χ1v) is 19.5. The third-order valence-electron chi connectivity index (χ3n) is 11.7. The van der Waals surface area contributed by atoms with E-state index in [0.29, 0.717) is 5.56 Å². The Kier molecular flexibility index (Phi) is 6.92. The average Bonchev–Trinajstić information content (AvgIpc) is 3.84. The summed E-state index contributed by atoms with van der Waals surface area (Å²) >= 11 is 0. The highest BCUT2D eigenvalue weighted by molar-refractivity contribution is 6.23. The van der Waals surface area contributed by atoms with Crippen LogP contribution in [-0.2, 0) is 0 Å². The minimum atomic E-state index is 0.642. The van der Waals surface area contributed by atoms with Crippen LogP contribution in [0.1, 0.15) is 5.56 Å². The van der Waals surface area contributed by atoms with E-state index in [4.69, 9.17) is 9.97 Å². The van der Waals surface area contributed by atoms with Gasteiger partial charge in [0.15, 0.2) is 0 Å². The van der Waals surface area contributed by atoms with Crippen LogP contribution in [0.5, 0.6) is 0 Å². The Morgan fingerprint density at radius 1 is 0.448 bits per heavy atom. The van der Waals surface area contributed by atoms with Crippen molar-refractivity contribution in [1.29, 1.82) is 5.26 Å². The SMILES string of the molecule is N#Cc1ccc2c3cc(-c4c5ccccc5c(-c5ccc6nc(-c7ccccc7)c7c(nc8ccccn87)c6c5)c5ccccc45)ccc3n(-c3ccccc3)c2c1. The van der Waals surface area contributed by atoms with Crippen LogP contribution in [0.2, 0.25) is 0 Å². The number of hydrogen-bond donors (Lipinski definition) is 0. The number of rotatable bonds is 4. The van der Waals surface area contributed by atoms with Gasteiger partial charge in [-0.2, -0.15) is 5.26 Å². The molecule has 4 heterocycles. The number of hydrogen-bond acceptors (Lipinski definition) is 3. The second-order valence-electron chi connectivity index (χ2n) is 14.9. The molecule has 0 radical (unpaired) electrons. The van der Waals surface area contributed by atoms with E-state index < -0.39 is 0 Å². The molecule has 0 N–H and O–H groups in total. The number of pyridine rings is 2. The van der Waals surface area contributed by atoms with Gasteiger partial charge >= 0.3 is 0 Å². The van der Waals surface area contributed by atoms with E-state index in [-0.39, 0.29) is 0 Å². The lowest BCUT2D eigenvalue weighted by Gasteiger charge is -2.18. The molecule has 0 saturated heterocycles. The lowest BCUT2D eigenvalue weighted by Crippen LogP contribution is -1.94. The fraction of sp³-hybridized carbons (Fsp3) is 0. The van der Waals surface area contributed by atoms with Crippen LogP contribution in [0.25, 0.3) is 110 Å². The van der Waals surface area contributed by atoms with Crippen LogP contribution in [0.3, 0.4) is 0 Å². The molecule has 12 rings (SSSR count). The normalized spacial score (nSPS) is 11.8. The highest BCUT2D eigenvalue weighted by Crippen LogP contribution is 2.46. The molecule has 5 heteroatoms. The molecule has 0 aliphatic carbocycles. The first kappa shape index (κ1) is 32.2. The maximum absolute atomic E-state index is 9.85. The zero-order valence-corrected chi connectivity index (χ0v) is 31.1. The Hall–Kier alpha value is -8.07. The van der Waals surface area contributed by atoms with Crippen LogP contribution < -0.4 is 0 Å². The van der Waals surface area contributed by atoms with Crippen molar-refractivity contribution < 1.29 is 0 Å². The largest absolute Gasteiger partial charge is 0.309 e. The highest BCUT2D eigenvalue weighted by atomic mass is 15.0. The van der Waals surface area contributed by atoms with Crippen molar-refractivity contribution in [2.24, 2.45) is 0 Å². The summed E-state index contributed by atoms with van der Waals surface area (Å²) in [5, 5.41) is 17.9. The van der Waals surface area contributed by atoms with Gasteiger partial charge in [-0.15, -0.1) is 0 Å². The minimum absolute atomic E-state index is 0.642. The van der Waals surface area contributed by atoms with Crippen molar-refractivity contribution >= 4 is 70.9 Å². The molecule has 12 aromatic rings. The van der Waals surface area contributed by atoms with E-state index in [1.165, 1.54) is 32.7 Å². The molecular formula is C53H31N5. The Labute approximate surface area is 332 Å². The first-order chi connectivity index (χ1) is 28.7. The van der Waals surface area contributed by atoms with Gasteiger partial charge in [-0.1, -0.05) is 121 Å². The van der Waals surface area contributed by atoms with Crippen LogP contribution in [-0.4, -0.2) is 18.9 Å². The van der Waals surface area contributed by atoms with Crippen molar-refractivity contribution in [3.8, 4) is 45.3 Å². The van der Waals surface area contributed by atoms with Gasteiger partial charge in [0.1, 0.15) is 11.2 Å². The van der Waals surface area contributed by atoms with E-state index in [0.717, 1.165) is 77.5 Å². The van der Waals surface area contributed by atoms with Crippen molar-refractivity contribution in [3.05, 3.63) is 194 Å². The van der Waals surface area contributed by atoms with Crippen molar-refractivity contribution in [3.63, 3.8) is 0 Å². The van der Waals surface area contributed by atoms with Crippen LogP contribution >= 0.6 is 0 Å². The molecule has 0 fully saturated rings. The minimum Gasteiger partial charge on any atom is -0.309 e. The fourth-order valence-electron chi connectivity index (χ4n) is 9.21. The number of nitrogens with zero attached hydrogens (tertiary/aromatic N) is 5. The predicted molar refractivity (Wildman–Crippen MR) is 238 cm³/mol. The standard InChI is InChI=1S/C53H31N5/c54-32-33-22-25-38-43-30-36(24-27-46(43)58(47(38)29-33)37-15-5-2-6-16-37)50-41-19-9-7-17-39(41)49(40-18-8-10-20-42(40)50)35-23-26-45-44(31-35)52-53(57-28-12-11-21-48(57)56-52)51(55-45)34-13-3-1-4-14-34/h1-31H. The summed E-state index contributed by atoms with van der Waals surface area (Å²) in [6, 6.07) is 66.4. The molecule has 0 amide bonds. The lowest BCUT2D eigenvalue weighted by atomic mass is 9.85. The zero-order valence-electron chi connectivity index (χ0n) is 31.1. The van der Waals surface area contributed by atoms with Gasteiger partial charge in [0.2, 0.25) is 0 Å². The van der Waals surface area contributed by atoms with Crippen molar-refractivity contribution in [2.75, 3.05) is 0 Å². The van der Waals surface area contributed by atoms with Crippen LogP contribution in [0.15, 0.2) is 188 Å². The Bertz CT molecular complexity index is 3630. The van der Waals surface area contributed by atoms with E-state index >= 15 is 0 Å². The fourth-order valence-corrected chi connectivity index (χ4v) is 9.21. The average molecular weight is 738 g/mol. The summed E-state index contributed by atoms with van der Waals surface area (Å²) in [6.45, 7) is 0. The van der Waals surface area contributed by atoms with Crippen LogP contribution in [0, 0.1) is 11.3 Å². The van der Waals surface area contributed by atoms with Gasteiger partial charge in [-0.3, -0.25) is 4.40 Å². The third-order valence-corrected chi connectivity index (χ3v) is 11.7. The van der Waals surface area contributed by atoms with E-state index in [1.807, 2.05) is 36.4 Å². The summed E-state index contributed by atoms with van der Waals surface area (Å²) in [5.74, 6) is 0. The smallest absolute Gasteiger partial charge is 0.137 e. The number of benzene rings is 8. The molecule has 58 heavy (non-hydrogen) atoms. The number of para-hydroxylation sites is 1. The van der Waals surface area contributed by atoms with Crippen molar-refractivity contribution in [1.82, 2.24) is 18.9 Å². The number of fused-ring (bicyclic) bond motifs is 10. The molecule has 0 bridgehead atoms. The monoisotopic (exact) mass is 737 g/mol. The summed E-state index contributed by atoms with van der Waals surface area (Å²) in [7, 11) is 0. The zero-order chi connectivity index (χ0) is 38.3. The summed E-state index contributed by atoms with van der Waals surface area (Å²) < 4.78 is 4.43. The molecule has 0 aliphatic heterocycles. The predicted octanol–water partition coefficient (Wildman–Crippen LogP) is 13.3. The van der Waals surface area contributed by atoms with Gasteiger partial charge in [-0.25, -0.2) is 9.97 Å². The van der Waals surface area contributed by atoms with E-state index in [2.05, 4.69) is 167 Å². The summed E-state index contributed by atoms with van der Waals surface area (Å²) in [5.41, 5.74) is 14.2. The van der Waals surface area contributed by atoms with Gasteiger partial charge in [0.25, 0.3) is 0 Å². The lowest BCUT2D eigenvalue weighted by molar-refractivity contribution is 1.18. The van der Waals surface area contributed by atoms with Gasteiger partial charge in [0.05, 0.1) is 39.4 Å². The summed E-state index contributed by atoms with van der Waals surface area (Å²) in [4.78, 5) is 10.5. The molecule has 8 aromatic carbocycles. The van der Waals surface area contributed by atoms with Gasteiger partial charge in [0, 0.05) is 33.6 Å². The first-order valence-electron chi connectivity index (χ1n) is 19.5. The van der Waals surface area contributed by atoms with Gasteiger partial charge in [-0.05, 0) is 104 Å². The molecule has 0 spiro atoms. The number of imidazole rings is 1. The number of nitriles is 1. The summed E-state index contributed by atoms with van der Waals surface area (Å²) in [6.07, 6.45) is 2.08. The third kappa shape index (κ3) is 4.70. The van der Waals surface area contributed by atoms with Crippen molar-refractivity contribution in [2.45, 2.75) is 0 Å². The van der Waals surface area contributed by atoms with E-state index in [9.17, 15) is 5.26 Å². The van der Waals surface area contributed by atoms with E-state index in [1.54, 1.807) is 0 Å². The van der Waals surface area contributed by atoms with Crippen LogP contribution in [0.4, 0.5) is 0 Å². The second-order valence-corrected chi connectivity index (χ2v) is 14.9.